The molecule has 0 bridgehead atoms. The van der Waals surface area contributed by atoms with Crippen LogP contribution >= 0.6 is 11.5 Å². The van der Waals surface area contributed by atoms with Crippen molar-refractivity contribution in [2.45, 2.75) is 24.7 Å². The Morgan fingerprint density at radius 2 is 2.11 bits per heavy atom. The maximum atomic E-state index is 11.7. The van der Waals surface area contributed by atoms with E-state index in [1.165, 1.54) is 0 Å². The number of hydrogen-bond acceptors (Lipinski definition) is 7. The largest absolute Gasteiger partial charge is 0.382 e. The first-order valence-corrected chi connectivity index (χ1v) is 8.75. The van der Waals surface area contributed by atoms with Crippen molar-refractivity contribution in [3.05, 3.63) is 0 Å². The molecule has 0 radical (unpaired) electrons. The molecule has 0 aliphatic carbocycles. The summed E-state index contributed by atoms with van der Waals surface area (Å²) in [5, 5.41) is 3.73. The number of nitrogen functional groups attached to an aromatic ring is 1. The molecule has 0 amide bonds. The topological polar surface area (TPSA) is 94.3 Å². The molecule has 1 fully saturated rings. The SMILES string of the molecule is CC1(CNc2snc(N)c2S(C)(=O)=O)CCOCC1. The summed E-state index contributed by atoms with van der Waals surface area (Å²) in [6.07, 6.45) is 3.07. The van der Waals surface area contributed by atoms with Gasteiger partial charge in [-0.05, 0) is 29.8 Å². The first-order chi connectivity index (χ1) is 8.82. The summed E-state index contributed by atoms with van der Waals surface area (Å²) in [4.78, 5) is 0.119. The van der Waals surface area contributed by atoms with Crippen molar-refractivity contribution < 1.29 is 13.2 Å². The average molecular weight is 305 g/mol. The normalized spacial score (nSPS) is 19.3. The third-order valence-corrected chi connectivity index (χ3v) is 5.52. The highest BCUT2D eigenvalue weighted by atomic mass is 32.2. The van der Waals surface area contributed by atoms with E-state index in [1.54, 1.807) is 0 Å². The molecule has 6 nitrogen and oxygen atoms in total. The zero-order valence-corrected chi connectivity index (χ0v) is 12.7. The monoisotopic (exact) mass is 305 g/mol. The van der Waals surface area contributed by atoms with Crippen LogP contribution in [0.3, 0.4) is 0 Å². The predicted molar refractivity (Wildman–Crippen MR) is 76.3 cm³/mol. The van der Waals surface area contributed by atoms with Crippen LogP contribution in [0.4, 0.5) is 10.8 Å². The first-order valence-electron chi connectivity index (χ1n) is 6.09. The number of nitrogens with one attached hydrogen (secondary N) is 1. The molecule has 0 aromatic carbocycles. The number of rotatable bonds is 4. The third kappa shape index (κ3) is 3.37. The van der Waals surface area contributed by atoms with E-state index in [4.69, 9.17) is 10.5 Å². The van der Waals surface area contributed by atoms with Crippen LogP contribution in [0.15, 0.2) is 4.90 Å². The molecule has 0 spiro atoms. The van der Waals surface area contributed by atoms with E-state index in [-0.39, 0.29) is 16.1 Å². The Hall–Kier alpha value is -0.860. The van der Waals surface area contributed by atoms with Gasteiger partial charge in [-0.3, -0.25) is 0 Å². The Morgan fingerprint density at radius 1 is 1.47 bits per heavy atom. The highest BCUT2D eigenvalue weighted by Crippen LogP contribution is 2.34. The summed E-state index contributed by atoms with van der Waals surface area (Å²) >= 11 is 1.09. The lowest BCUT2D eigenvalue weighted by Gasteiger charge is -2.33. The predicted octanol–water partition coefficient (Wildman–Crippen LogP) is 1.36. The minimum absolute atomic E-state index is 0.0760. The van der Waals surface area contributed by atoms with Crippen LogP contribution in [-0.2, 0) is 14.6 Å². The summed E-state index contributed by atoms with van der Waals surface area (Å²) in [5.41, 5.74) is 5.75. The Morgan fingerprint density at radius 3 is 2.68 bits per heavy atom. The molecule has 0 atom stereocenters. The minimum Gasteiger partial charge on any atom is -0.382 e. The van der Waals surface area contributed by atoms with E-state index in [2.05, 4.69) is 16.6 Å². The van der Waals surface area contributed by atoms with Gasteiger partial charge in [0.2, 0.25) is 0 Å². The van der Waals surface area contributed by atoms with Crippen molar-refractivity contribution in [3.8, 4) is 0 Å². The second kappa shape index (κ2) is 5.26. The molecule has 3 N–H and O–H groups in total. The molecule has 2 heterocycles. The molecule has 1 aliphatic rings. The number of hydrogen-bond donors (Lipinski definition) is 2. The quantitative estimate of drug-likeness (QED) is 0.872. The average Bonchev–Trinajstić information content (AvgIpc) is 2.69. The van der Waals surface area contributed by atoms with Gasteiger partial charge < -0.3 is 15.8 Å². The maximum Gasteiger partial charge on any atom is 0.182 e. The highest BCUT2D eigenvalue weighted by molar-refractivity contribution is 7.91. The molecular weight excluding hydrogens is 286 g/mol. The van der Waals surface area contributed by atoms with Crippen LogP contribution in [0.25, 0.3) is 0 Å². The molecule has 19 heavy (non-hydrogen) atoms. The van der Waals surface area contributed by atoms with E-state index in [1.807, 2.05) is 0 Å². The standard InChI is InChI=1S/C11H19N3O3S2/c1-11(3-5-17-6-4-11)7-13-10-8(19(2,15)16)9(12)14-18-10/h13H,3-7H2,1-2H3,(H2,12,14). The lowest BCUT2D eigenvalue weighted by molar-refractivity contribution is 0.0300. The Labute approximate surface area is 117 Å². The second-order valence-electron chi connectivity index (χ2n) is 5.27. The summed E-state index contributed by atoms with van der Waals surface area (Å²) in [5.74, 6) is 0.0760. The Kier molecular flexibility index (Phi) is 4.03. The number of nitrogens with zero attached hydrogens (tertiary/aromatic N) is 1. The number of aromatic nitrogens is 1. The van der Waals surface area contributed by atoms with Crippen LogP contribution in [0.5, 0.6) is 0 Å². The molecule has 108 valence electrons. The summed E-state index contributed by atoms with van der Waals surface area (Å²) in [6.45, 7) is 4.37. The molecule has 0 unspecified atom stereocenters. The molecule has 0 saturated carbocycles. The zero-order valence-electron chi connectivity index (χ0n) is 11.1. The summed E-state index contributed by atoms with van der Waals surface area (Å²) in [6, 6.07) is 0. The van der Waals surface area contributed by atoms with Crippen LogP contribution < -0.4 is 11.1 Å². The number of anilines is 2. The van der Waals surface area contributed by atoms with Gasteiger partial charge in [0.25, 0.3) is 0 Å². The van der Waals surface area contributed by atoms with Gasteiger partial charge in [-0.25, -0.2) is 8.42 Å². The van der Waals surface area contributed by atoms with Gasteiger partial charge in [0.1, 0.15) is 9.90 Å². The van der Waals surface area contributed by atoms with Gasteiger partial charge in [0, 0.05) is 26.0 Å². The van der Waals surface area contributed by atoms with Gasteiger partial charge in [-0.1, -0.05) is 6.92 Å². The maximum absolute atomic E-state index is 11.7. The number of sulfone groups is 1. The molecule has 8 heteroatoms. The fourth-order valence-corrected chi connectivity index (χ4v) is 4.16. The van der Waals surface area contributed by atoms with E-state index in [0.717, 1.165) is 43.8 Å². The van der Waals surface area contributed by atoms with Crippen LogP contribution in [0.1, 0.15) is 19.8 Å². The van der Waals surface area contributed by atoms with Crippen molar-refractivity contribution in [2.75, 3.05) is 37.1 Å². The minimum atomic E-state index is -3.36. The number of nitrogens with two attached hydrogens (primary N) is 1. The van der Waals surface area contributed by atoms with E-state index in [9.17, 15) is 8.42 Å². The molecule has 1 saturated heterocycles. The van der Waals surface area contributed by atoms with Gasteiger partial charge in [-0.2, -0.15) is 4.37 Å². The van der Waals surface area contributed by atoms with Crippen molar-refractivity contribution in [1.82, 2.24) is 4.37 Å². The Balaban J connectivity index is 2.12. The van der Waals surface area contributed by atoms with Gasteiger partial charge in [-0.15, -0.1) is 0 Å². The van der Waals surface area contributed by atoms with Crippen LogP contribution in [0.2, 0.25) is 0 Å². The fraction of sp³-hybridized carbons (Fsp3) is 0.727. The molecule has 1 aromatic heterocycles. The lowest BCUT2D eigenvalue weighted by Crippen LogP contribution is -2.33. The zero-order chi connectivity index (χ0) is 14.1. The van der Waals surface area contributed by atoms with E-state index in [0.29, 0.717) is 11.5 Å². The molecular formula is C11H19N3O3S2. The van der Waals surface area contributed by atoms with Crippen molar-refractivity contribution in [2.24, 2.45) is 5.41 Å². The summed E-state index contributed by atoms with van der Waals surface area (Å²) < 4.78 is 32.7. The lowest BCUT2D eigenvalue weighted by atomic mass is 9.82. The summed E-state index contributed by atoms with van der Waals surface area (Å²) in [7, 11) is -3.36. The number of ether oxygens (including phenoxy) is 1. The highest BCUT2D eigenvalue weighted by Gasteiger charge is 2.29. The first kappa shape index (κ1) is 14.5. The van der Waals surface area contributed by atoms with Gasteiger partial charge >= 0.3 is 0 Å². The van der Waals surface area contributed by atoms with Crippen molar-refractivity contribution in [3.63, 3.8) is 0 Å². The van der Waals surface area contributed by atoms with Crippen LogP contribution in [0, 0.1) is 5.41 Å². The third-order valence-electron chi connectivity index (χ3n) is 3.42. The fourth-order valence-electron chi connectivity index (χ4n) is 2.10. The van der Waals surface area contributed by atoms with Crippen molar-refractivity contribution >= 4 is 32.2 Å². The molecule has 2 rings (SSSR count). The molecule has 1 aliphatic heterocycles. The second-order valence-corrected chi connectivity index (χ2v) is 8.00. The van der Waals surface area contributed by atoms with Gasteiger partial charge in [0.15, 0.2) is 15.7 Å². The molecule has 1 aromatic rings. The van der Waals surface area contributed by atoms with E-state index < -0.39 is 9.84 Å². The van der Waals surface area contributed by atoms with Crippen LogP contribution in [-0.4, -0.2) is 38.8 Å². The van der Waals surface area contributed by atoms with Gasteiger partial charge in [0.05, 0.1) is 0 Å². The van der Waals surface area contributed by atoms with E-state index >= 15 is 0 Å². The van der Waals surface area contributed by atoms with Crippen molar-refractivity contribution in [1.29, 1.82) is 0 Å². The Bertz CT molecular complexity index is 548. The smallest absolute Gasteiger partial charge is 0.182 e.